The van der Waals surface area contributed by atoms with Crippen molar-refractivity contribution in [3.63, 3.8) is 0 Å². The number of hydrogen-bond donors (Lipinski definition) is 1. The first-order valence-corrected chi connectivity index (χ1v) is 7.41. The van der Waals surface area contributed by atoms with Gasteiger partial charge < -0.3 is 14.6 Å². The smallest absolute Gasteiger partial charge is 0.334 e. The number of carbonyl (C=O) groups is 2. The molecule has 3 rings (SSSR count). The third-order valence-corrected chi connectivity index (χ3v) is 5.15. The molecule has 2 aliphatic carbocycles. The Morgan fingerprint density at radius 1 is 1.41 bits per heavy atom. The van der Waals surface area contributed by atoms with Crippen molar-refractivity contribution in [1.29, 1.82) is 0 Å². The lowest BCUT2D eigenvalue weighted by Crippen LogP contribution is -2.45. The Kier molecular flexibility index (Phi) is 3.29. The predicted molar refractivity (Wildman–Crippen MR) is 78.6 cm³/mol. The number of esters is 2. The Labute approximate surface area is 129 Å². The van der Waals surface area contributed by atoms with Gasteiger partial charge in [0.1, 0.15) is 12.2 Å². The minimum Gasteiger partial charge on any atom is -0.461 e. The molecule has 0 amide bonds. The zero-order valence-electron chi connectivity index (χ0n) is 12.6. The summed E-state index contributed by atoms with van der Waals surface area (Å²) >= 11 is 0. The average molecular weight is 304 g/mol. The van der Waals surface area contributed by atoms with Crippen LogP contribution in [0.3, 0.4) is 0 Å². The van der Waals surface area contributed by atoms with Crippen molar-refractivity contribution >= 4 is 11.9 Å². The first-order chi connectivity index (χ1) is 10.3. The molecule has 22 heavy (non-hydrogen) atoms. The van der Waals surface area contributed by atoms with Crippen LogP contribution in [0.15, 0.2) is 36.5 Å². The summed E-state index contributed by atoms with van der Waals surface area (Å²) in [6.45, 7) is 13.1. The Balaban J connectivity index is 2.11. The lowest BCUT2D eigenvalue weighted by Gasteiger charge is -2.36. The molecule has 3 fully saturated rings. The maximum atomic E-state index is 11.9. The highest BCUT2D eigenvalue weighted by molar-refractivity contribution is 5.91. The van der Waals surface area contributed by atoms with Crippen LogP contribution in [0.5, 0.6) is 0 Å². The number of ether oxygens (including phenoxy) is 2. The molecular weight excluding hydrogens is 284 g/mol. The van der Waals surface area contributed by atoms with Gasteiger partial charge >= 0.3 is 11.9 Å². The fraction of sp³-hybridized carbons (Fsp3) is 0.529. The van der Waals surface area contributed by atoms with Crippen LogP contribution < -0.4 is 0 Å². The van der Waals surface area contributed by atoms with Gasteiger partial charge in [-0.3, -0.25) is 4.79 Å². The number of aliphatic hydroxyl groups is 1. The standard InChI is InChI=1S/C17H20O5/c1-8-5-6-17(20)9(2)7-12-13(10(3)16(19)22-12)15(14(8)17)21-11(4)18/h12-15,20H,1-3,5-7H2,4H3/t12-,13+,14-,15-,17-/m0/s1. The molecule has 0 radical (unpaired) electrons. The van der Waals surface area contributed by atoms with Crippen molar-refractivity contribution in [2.45, 2.75) is 44.0 Å². The van der Waals surface area contributed by atoms with Crippen LogP contribution in [0.4, 0.5) is 0 Å². The van der Waals surface area contributed by atoms with Crippen molar-refractivity contribution in [3.8, 4) is 0 Å². The fourth-order valence-corrected chi connectivity index (χ4v) is 4.09. The summed E-state index contributed by atoms with van der Waals surface area (Å²) in [5.41, 5.74) is 0.521. The minimum absolute atomic E-state index is 0.285. The van der Waals surface area contributed by atoms with Gasteiger partial charge in [0.2, 0.25) is 0 Å². The van der Waals surface area contributed by atoms with Crippen LogP contribution in [0.1, 0.15) is 26.2 Å². The van der Waals surface area contributed by atoms with E-state index in [4.69, 9.17) is 9.47 Å². The Bertz CT molecular complexity index is 604. The fourth-order valence-electron chi connectivity index (χ4n) is 4.09. The second kappa shape index (κ2) is 4.81. The van der Waals surface area contributed by atoms with Gasteiger partial charge in [-0.1, -0.05) is 25.3 Å². The first-order valence-electron chi connectivity index (χ1n) is 7.41. The summed E-state index contributed by atoms with van der Waals surface area (Å²) in [6, 6.07) is 0. The van der Waals surface area contributed by atoms with E-state index in [2.05, 4.69) is 19.7 Å². The number of rotatable bonds is 1. The van der Waals surface area contributed by atoms with E-state index in [9.17, 15) is 14.7 Å². The van der Waals surface area contributed by atoms with E-state index in [1.165, 1.54) is 6.92 Å². The van der Waals surface area contributed by atoms with Gasteiger partial charge in [-0.15, -0.1) is 0 Å². The Morgan fingerprint density at radius 2 is 2.09 bits per heavy atom. The van der Waals surface area contributed by atoms with Crippen LogP contribution in [-0.2, 0) is 19.1 Å². The molecule has 5 atom stereocenters. The summed E-state index contributed by atoms with van der Waals surface area (Å²) in [5.74, 6) is -1.90. The molecule has 0 aromatic heterocycles. The number of carbonyl (C=O) groups excluding carboxylic acids is 2. The van der Waals surface area contributed by atoms with Crippen LogP contribution in [0.25, 0.3) is 0 Å². The highest BCUT2D eigenvalue weighted by Crippen LogP contribution is 2.54. The Hall–Kier alpha value is -1.88. The number of fused-ring (bicyclic) bond motifs is 2. The largest absolute Gasteiger partial charge is 0.461 e. The quantitative estimate of drug-likeness (QED) is 0.453. The van der Waals surface area contributed by atoms with Crippen molar-refractivity contribution in [2.75, 3.05) is 0 Å². The molecule has 0 aromatic carbocycles. The molecule has 1 heterocycles. The molecule has 1 aliphatic heterocycles. The zero-order chi connectivity index (χ0) is 16.2. The summed E-state index contributed by atoms with van der Waals surface area (Å²) in [7, 11) is 0. The molecule has 0 bridgehead atoms. The third kappa shape index (κ3) is 1.96. The van der Waals surface area contributed by atoms with E-state index in [1.807, 2.05) is 0 Å². The van der Waals surface area contributed by atoms with Crippen LogP contribution in [0.2, 0.25) is 0 Å². The maximum Gasteiger partial charge on any atom is 0.334 e. The Morgan fingerprint density at radius 3 is 2.73 bits per heavy atom. The summed E-state index contributed by atoms with van der Waals surface area (Å²) in [6.07, 6.45) is 0.261. The molecule has 0 unspecified atom stereocenters. The first kappa shape index (κ1) is 15.0. The molecule has 1 N–H and O–H groups in total. The second-order valence-corrected chi connectivity index (χ2v) is 6.44. The SMILES string of the molecule is C=C1C(=O)O[C@H]2CC(=C)[C@@]3(O)CCC(=C)[C@H]3[C@@H](OC(C)=O)[C@H]12. The van der Waals surface area contributed by atoms with Gasteiger partial charge in [0.05, 0.1) is 17.4 Å². The summed E-state index contributed by atoms with van der Waals surface area (Å²) < 4.78 is 10.9. The van der Waals surface area contributed by atoms with Gasteiger partial charge in [-0.2, -0.15) is 0 Å². The van der Waals surface area contributed by atoms with Crippen molar-refractivity contribution < 1.29 is 24.2 Å². The maximum absolute atomic E-state index is 11.9. The normalized spacial score (nSPS) is 40.8. The topological polar surface area (TPSA) is 72.8 Å². The predicted octanol–water partition coefficient (Wildman–Crippen LogP) is 1.67. The lowest BCUT2D eigenvalue weighted by atomic mass is 9.77. The second-order valence-electron chi connectivity index (χ2n) is 6.44. The molecular formula is C17H20O5. The molecule has 0 aromatic rings. The molecule has 3 aliphatic rings. The van der Waals surface area contributed by atoms with Crippen molar-refractivity contribution in [2.24, 2.45) is 11.8 Å². The molecule has 2 saturated carbocycles. The van der Waals surface area contributed by atoms with E-state index in [0.29, 0.717) is 24.8 Å². The van der Waals surface area contributed by atoms with Crippen LogP contribution >= 0.6 is 0 Å². The highest BCUT2D eigenvalue weighted by atomic mass is 16.6. The van der Waals surface area contributed by atoms with Crippen LogP contribution in [0, 0.1) is 11.8 Å². The van der Waals surface area contributed by atoms with E-state index in [-0.39, 0.29) is 5.57 Å². The molecule has 1 saturated heterocycles. The molecule has 5 heteroatoms. The summed E-state index contributed by atoms with van der Waals surface area (Å²) in [4.78, 5) is 23.4. The summed E-state index contributed by atoms with van der Waals surface area (Å²) in [5, 5.41) is 11.1. The van der Waals surface area contributed by atoms with E-state index < -0.39 is 41.6 Å². The van der Waals surface area contributed by atoms with E-state index >= 15 is 0 Å². The van der Waals surface area contributed by atoms with Gasteiger partial charge in [0, 0.05) is 18.9 Å². The minimum atomic E-state index is -1.17. The monoisotopic (exact) mass is 304 g/mol. The van der Waals surface area contributed by atoms with Gasteiger partial charge in [0.15, 0.2) is 0 Å². The van der Waals surface area contributed by atoms with Gasteiger partial charge in [-0.25, -0.2) is 4.79 Å². The zero-order valence-corrected chi connectivity index (χ0v) is 12.6. The molecule has 118 valence electrons. The van der Waals surface area contributed by atoms with Crippen molar-refractivity contribution in [1.82, 2.24) is 0 Å². The van der Waals surface area contributed by atoms with Crippen LogP contribution in [-0.4, -0.2) is 34.9 Å². The lowest BCUT2D eigenvalue weighted by molar-refractivity contribution is -0.155. The van der Waals surface area contributed by atoms with Gasteiger partial charge in [-0.05, 0) is 18.4 Å². The molecule has 0 spiro atoms. The number of hydrogen-bond acceptors (Lipinski definition) is 5. The van der Waals surface area contributed by atoms with Crippen molar-refractivity contribution in [3.05, 3.63) is 36.5 Å². The molecule has 5 nitrogen and oxygen atoms in total. The van der Waals surface area contributed by atoms with E-state index in [1.54, 1.807) is 0 Å². The third-order valence-electron chi connectivity index (χ3n) is 5.15. The average Bonchev–Trinajstić information content (AvgIpc) is 2.84. The van der Waals surface area contributed by atoms with E-state index in [0.717, 1.165) is 5.57 Å². The highest BCUT2D eigenvalue weighted by Gasteiger charge is 2.59. The van der Waals surface area contributed by atoms with Gasteiger partial charge in [0.25, 0.3) is 0 Å².